The predicted molar refractivity (Wildman–Crippen MR) is 162 cm³/mol. The van der Waals surface area contributed by atoms with Crippen molar-refractivity contribution in [1.29, 1.82) is 0 Å². The smallest absolute Gasteiger partial charge is 0.746 e. The minimum Gasteiger partial charge on any atom is -0.746 e. The standard InChI is InChI=1S/C31H38ClF2N3O8S.Na/c32-23-13-7-12-22(18-23)31(33,34)26(20-10-5-2-6-11-20)45-30(41)37-24(16-19-8-3-1-4-9-19)28(39)36-25(29(40)46(42,43)44)17-21-14-15-35-27(21)38;/h2,5-7,10-13,18-19,21,24-26,29,40H,1,3-4,8-9,14-17H2,(H,35,38)(H,36,39)(H,37,41)(H,42,43,44);/q;+1/p-1/t21-,24-,25-,26-,29?;/m0./s1. The number of carbonyl (C=O) groups is 3. The molecule has 1 saturated heterocycles. The van der Waals surface area contributed by atoms with Crippen molar-refractivity contribution in [3.63, 3.8) is 0 Å². The van der Waals surface area contributed by atoms with Gasteiger partial charge in [-0.3, -0.25) is 9.59 Å². The van der Waals surface area contributed by atoms with Gasteiger partial charge in [0.25, 0.3) is 0 Å². The number of carbonyl (C=O) groups excluding carboxylic acids is 3. The summed E-state index contributed by atoms with van der Waals surface area (Å²) in [5.74, 6) is -5.98. The number of amides is 3. The maximum Gasteiger partial charge on any atom is 1.00 e. The Hall–Kier alpha value is -2.33. The van der Waals surface area contributed by atoms with E-state index in [4.69, 9.17) is 16.3 Å². The molecule has 11 nitrogen and oxygen atoms in total. The van der Waals surface area contributed by atoms with Gasteiger partial charge in [0, 0.05) is 23.0 Å². The van der Waals surface area contributed by atoms with Gasteiger partial charge < -0.3 is 30.3 Å². The normalized spacial score (nSPS) is 19.8. The molecule has 0 radical (unpaired) electrons. The van der Waals surface area contributed by atoms with Crippen molar-refractivity contribution in [3.05, 3.63) is 70.7 Å². The number of alkyl carbamates (subject to hydrolysis) is 1. The quantitative estimate of drug-likeness (QED) is 0.177. The van der Waals surface area contributed by atoms with Crippen molar-refractivity contribution >= 4 is 39.6 Å². The van der Waals surface area contributed by atoms with Crippen LogP contribution in [0.4, 0.5) is 13.6 Å². The van der Waals surface area contributed by atoms with Gasteiger partial charge in [-0.2, -0.15) is 8.78 Å². The van der Waals surface area contributed by atoms with Crippen LogP contribution in [-0.2, 0) is 30.4 Å². The summed E-state index contributed by atoms with van der Waals surface area (Å²) in [7, 11) is -5.32. The molecule has 1 aliphatic heterocycles. The molecular weight excluding hydrogens is 671 g/mol. The van der Waals surface area contributed by atoms with Crippen molar-refractivity contribution in [3.8, 4) is 0 Å². The van der Waals surface area contributed by atoms with E-state index in [9.17, 15) is 32.5 Å². The molecule has 1 unspecified atom stereocenters. The first-order valence-electron chi connectivity index (χ1n) is 15.1. The molecule has 3 amide bonds. The van der Waals surface area contributed by atoms with Crippen molar-refractivity contribution < 1.29 is 75.5 Å². The minimum atomic E-state index is -5.32. The number of benzene rings is 2. The van der Waals surface area contributed by atoms with E-state index in [2.05, 4.69) is 16.0 Å². The Kier molecular flexibility index (Phi) is 14.4. The zero-order valence-electron chi connectivity index (χ0n) is 25.9. The fraction of sp³-hybridized carbons (Fsp3) is 0.516. The van der Waals surface area contributed by atoms with Crippen LogP contribution in [0.1, 0.15) is 68.6 Å². The van der Waals surface area contributed by atoms with Gasteiger partial charge in [0.2, 0.25) is 11.8 Å². The molecule has 2 aromatic carbocycles. The van der Waals surface area contributed by atoms with Gasteiger partial charge in [0.05, 0.1) is 6.04 Å². The van der Waals surface area contributed by atoms with Gasteiger partial charge >= 0.3 is 41.6 Å². The Balaban J connectivity index is 0.00000600. The first kappa shape index (κ1) is 39.1. The summed E-state index contributed by atoms with van der Waals surface area (Å²) in [4.78, 5) is 39.1. The van der Waals surface area contributed by atoms with E-state index in [0.29, 0.717) is 6.54 Å². The zero-order valence-corrected chi connectivity index (χ0v) is 29.4. The number of hydrogen-bond donors (Lipinski definition) is 4. The van der Waals surface area contributed by atoms with Crippen LogP contribution in [0.15, 0.2) is 54.6 Å². The average Bonchev–Trinajstić information content (AvgIpc) is 3.43. The number of aliphatic hydroxyl groups is 1. The summed E-state index contributed by atoms with van der Waals surface area (Å²) in [6.45, 7) is 0.296. The van der Waals surface area contributed by atoms with Crippen LogP contribution in [0.5, 0.6) is 0 Å². The third kappa shape index (κ3) is 10.8. The van der Waals surface area contributed by atoms with Gasteiger partial charge in [0.1, 0.15) is 16.2 Å². The van der Waals surface area contributed by atoms with Gasteiger partial charge in [-0.1, -0.05) is 86.2 Å². The molecule has 2 aromatic rings. The van der Waals surface area contributed by atoms with Crippen molar-refractivity contribution in [2.45, 2.75) is 80.9 Å². The number of ether oxygens (including phenoxy) is 1. The fourth-order valence-electron chi connectivity index (χ4n) is 6.00. The maximum atomic E-state index is 15.9. The molecule has 47 heavy (non-hydrogen) atoms. The van der Waals surface area contributed by atoms with Crippen molar-refractivity contribution in [1.82, 2.24) is 16.0 Å². The Labute approximate surface area is 299 Å². The van der Waals surface area contributed by atoms with Crippen molar-refractivity contribution in [2.24, 2.45) is 11.8 Å². The summed E-state index contributed by atoms with van der Waals surface area (Å²) in [6.07, 6.45) is 0.680. The van der Waals surface area contributed by atoms with E-state index in [1.165, 1.54) is 36.4 Å². The first-order chi connectivity index (χ1) is 21.8. The molecule has 0 spiro atoms. The predicted octanol–water partition coefficient (Wildman–Crippen LogP) is 1.12. The second-order valence-electron chi connectivity index (χ2n) is 11.8. The van der Waals surface area contributed by atoms with E-state index < -0.39 is 69.1 Å². The fourth-order valence-corrected chi connectivity index (χ4v) is 6.78. The number of halogens is 3. The molecule has 4 N–H and O–H groups in total. The molecule has 5 atom stereocenters. The molecule has 1 saturated carbocycles. The molecule has 0 bridgehead atoms. The number of aliphatic hydroxyl groups excluding tert-OH is 1. The van der Waals surface area contributed by atoms with Crippen LogP contribution in [-0.4, -0.2) is 60.0 Å². The van der Waals surface area contributed by atoms with Crippen LogP contribution < -0.4 is 45.5 Å². The minimum absolute atomic E-state index is 0. The molecule has 0 aromatic heterocycles. The van der Waals surface area contributed by atoms with Crippen LogP contribution in [0, 0.1) is 11.8 Å². The summed E-state index contributed by atoms with van der Waals surface area (Å²) < 4.78 is 72.4. The van der Waals surface area contributed by atoms with Crippen LogP contribution in [0.3, 0.4) is 0 Å². The topological polar surface area (TPSA) is 174 Å². The number of hydrogen-bond acceptors (Lipinski definition) is 8. The molecular formula is C31H37ClF2N3NaO8S. The second-order valence-corrected chi connectivity index (χ2v) is 13.7. The zero-order chi connectivity index (χ0) is 33.5. The Morgan fingerprint density at radius 3 is 2.32 bits per heavy atom. The monoisotopic (exact) mass is 707 g/mol. The second kappa shape index (κ2) is 17.4. The number of nitrogens with one attached hydrogen (secondary N) is 3. The van der Waals surface area contributed by atoms with Gasteiger partial charge in [0.15, 0.2) is 11.5 Å². The average molecular weight is 708 g/mol. The SMILES string of the molecule is O=C(N[C@@H](CC1CCCCC1)C(=O)N[C@@H](C[C@@H]1CCNC1=O)C(O)S(=O)(=O)[O-])O[C@@H](c1ccccc1)C(F)(F)c1cccc(Cl)c1.[Na+]. The molecule has 1 heterocycles. The van der Waals surface area contributed by atoms with E-state index in [1.807, 2.05) is 0 Å². The Morgan fingerprint density at radius 1 is 1.04 bits per heavy atom. The van der Waals surface area contributed by atoms with Crippen LogP contribution in [0.25, 0.3) is 0 Å². The van der Waals surface area contributed by atoms with E-state index in [-0.39, 0.29) is 65.3 Å². The molecule has 252 valence electrons. The molecule has 4 rings (SSSR count). The Morgan fingerprint density at radius 2 is 1.72 bits per heavy atom. The largest absolute Gasteiger partial charge is 1.00 e. The van der Waals surface area contributed by atoms with Crippen molar-refractivity contribution in [2.75, 3.05) is 6.54 Å². The van der Waals surface area contributed by atoms with E-state index >= 15 is 8.78 Å². The molecule has 16 heteroatoms. The third-order valence-electron chi connectivity index (χ3n) is 8.44. The molecule has 2 fully saturated rings. The summed E-state index contributed by atoms with van der Waals surface area (Å²) in [5.41, 5.74) is -3.12. The first-order valence-corrected chi connectivity index (χ1v) is 17.0. The third-order valence-corrected chi connectivity index (χ3v) is 9.59. The number of alkyl halides is 2. The van der Waals surface area contributed by atoms with Gasteiger partial charge in [-0.15, -0.1) is 0 Å². The van der Waals surface area contributed by atoms with Crippen LogP contribution in [0.2, 0.25) is 5.02 Å². The maximum absolute atomic E-state index is 15.9. The molecule has 2 aliphatic rings. The van der Waals surface area contributed by atoms with Gasteiger partial charge in [-0.05, 0) is 42.9 Å². The number of rotatable bonds is 13. The summed E-state index contributed by atoms with van der Waals surface area (Å²) in [6, 6.07) is 9.17. The molecule has 1 aliphatic carbocycles. The van der Waals surface area contributed by atoms with E-state index in [1.54, 1.807) is 6.07 Å². The summed E-state index contributed by atoms with van der Waals surface area (Å²) in [5, 5.41) is 17.6. The van der Waals surface area contributed by atoms with Gasteiger partial charge in [-0.25, -0.2) is 13.2 Å². The Bertz CT molecular complexity index is 1480. The summed E-state index contributed by atoms with van der Waals surface area (Å²) >= 11 is 5.96. The van der Waals surface area contributed by atoms with Crippen LogP contribution >= 0.6 is 11.6 Å². The van der Waals surface area contributed by atoms with E-state index in [0.717, 1.165) is 44.2 Å².